The average molecular weight is 288 g/mol. The smallest absolute Gasteiger partial charge is 0.354 e. The molecular weight excluding hydrogens is 272 g/mol. The van der Waals surface area contributed by atoms with Crippen molar-refractivity contribution in [2.75, 3.05) is 18.7 Å². The Bertz CT molecular complexity index is 626. The van der Waals surface area contributed by atoms with Crippen LogP contribution in [0.3, 0.4) is 0 Å². The van der Waals surface area contributed by atoms with E-state index < -0.39 is 5.97 Å². The Morgan fingerprint density at radius 3 is 2.95 bits per heavy atom. The van der Waals surface area contributed by atoms with Crippen LogP contribution in [0.5, 0.6) is 0 Å². The summed E-state index contributed by atoms with van der Waals surface area (Å²) in [6.07, 6.45) is 0.486. The van der Waals surface area contributed by atoms with Crippen LogP contribution in [-0.2, 0) is 14.3 Å². The van der Waals surface area contributed by atoms with Crippen molar-refractivity contribution in [1.29, 1.82) is 0 Å². The molecule has 0 N–H and O–H groups in total. The molecule has 0 spiro atoms. The van der Waals surface area contributed by atoms with E-state index in [1.807, 2.05) is 19.1 Å². The highest BCUT2D eigenvalue weighted by atomic mass is 16.5. The highest BCUT2D eigenvalue weighted by Gasteiger charge is 2.38. The van der Waals surface area contributed by atoms with Crippen LogP contribution in [0.1, 0.15) is 23.7 Å². The lowest BCUT2D eigenvalue weighted by molar-refractivity contribution is -0.132. The summed E-state index contributed by atoms with van der Waals surface area (Å²) in [5.41, 5.74) is 1.50. The van der Waals surface area contributed by atoms with Gasteiger partial charge in [-0.2, -0.15) is 5.10 Å². The quantitative estimate of drug-likeness (QED) is 0.734. The van der Waals surface area contributed by atoms with Crippen LogP contribution in [0.15, 0.2) is 29.4 Å². The predicted octanol–water partition coefficient (Wildman–Crippen LogP) is 1.60. The number of benzene rings is 1. The summed E-state index contributed by atoms with van der Waals surface area (Å²) < 4.78 is 10.1. The van der Waals surface area contributed by atoms with E-state index in [0.29, 0.717) is 30.0 Å². The minimum absolute atomic E-state index is 0.0200. The van der Waals surface area contributed by atoms with Gasteiger partial charge >= 0.3 is 11.9 Å². The van der Waals surface area contributed by atoms with Gasteiger partial charge in [0.1, 0.15) is 5.71 Å². The molecule has 2 heterocycles. The van der Waals surface area contributed by atoms with Crippen LogP contribution < -0.4 is 5.01 Å². The Hall–Kier alpha value is -2.37. The standard InChI is InChI=1S/C15H16N2O4/c1-9-8-21-14(18)10-5-3-4-6-12(10)17-13(9)7-11(16-17)15(19)20-2/h3-6,9,13H,7-8H2,1-2H3/t9-,13+/m0/s1. The third-order valence-corrected chi connectivity index (χ3v) is 3.87. The Morgan fingerprint density at radius 1 is 1.43 bits per heavy atom. The van der Waals surface area contributed by atoms with E-state index in [9.17, 15) is 9.59 Å². The van der Waals surface area contributed by atoms with Crippen LogP contribution >= 0.6 is 0 Å². The molecule has 0 saturated carbocycles. The number of carbonyl (C=O) groups excluding carboxylic acids is 2. The molecule has 1 aromatic carbocycles. The molecule has 2 atom stereocenters. The fourth-order valence-electron chi connectivity index (χ4n) is 2.69. The molecular formula is C15H16N2O4. The van der Waals surface area contributed by atoms with Crippen LogP contribution in [0.25, 0.3) is 0 Å². The van der Waals surface area contributed by atoms with Gasteiger partial charge in [-0.05, 0) is 12.1 Å². The van der Waals surface area contributed by atoms with Gasteiger partial charge in [0.25, 0.3) is 0 Å². The van der Waals surface area contributed by atoms with Gasteiger partial charge < -0.3 is 9.47 Å². The molecule has 0 fully saturated rings. The number of esters is 2. The van der Waals surface area contributed by atoms with Gasteiger partial charge in [0.05, 0.1) is 31.0 Å². The maximum Gasteiger partial charge on any atom is 0.354 e. The van der Waals surface area contributed by atoms with Crippen molar-refractivity contribution in [1.82, 2.24) is 0 Å². The zero-order chi connectivity index (χ0) is 15.0. The summed E-state index contributed by atoms with van der Waals surface area (Å²) >= 11 is 0. The number of fused-ring (bicyclic) bond motifs is 3. The Balaban J connectivity index is 2.07. The van der Waals surface area contributed by atoms with Gasteiger partial charge in [0.15, 0.2) is 0 Å². The molecule has 2 aliphatic rings. The molecule has 0 bridgehead atoms. The first-order valence-electron chi connectivity index (χ1n) is 6.83. The third-order valence-electron chi connectivity index (χ3n) is 3.87. The molecule has 0 aromatic heterocycles. The summed E-state index contributed by atoms with van der Waals surface area (Å²) in [7, 11) is 1.34. The number of anilines is 1. The average Bonchev–Trinajstić information content (AvgIpc) is 2.95. The summed E-state index contributed by atoms with van der Waals surface area (Å²) in [5, 5.41) is 6.13. The zero-order valence-electron chi connectivity index (χ0n) is 11.9. The number of methoxy groups -OCH3 is 1. The van der Waals surface area contributed by atoms with Crippen LogP contribution in [-0.4, -0.2) is 37.4 Å². The van der Waals surface area contributed by atoms with Gasteiger partial charge in [0.2, 0.25) is 0 Å². The fraction of sp³-hybridized carbons (Fsp3) is 0.400. The lowest BCUT2D eigenvalue weighted by Crippen LogP contribution is -2.38. The van der Waals surface area contributed by atoms with Gasteiger partial charge in [-0.3, -0.25) is 5.01 Å². The van der Waals surface area contributed by atoms with Crippen molar-refractivity contribution < 1.29 is 19.1 Å². The van der Waals surface area contributed by atoms with Gasteiger partial charge in [-0.25, -0.2) is 9.59 Å². The molecule has 0 amide bonds. The van der Waals surface area contributed by atoms with Gasteiger partial charge in [-0.1, -0.05) is 19.1 Å². The normalized spacial score (nSPS) is 24.2. The highest BCUT2D eigenvalue weighted by Crippen LogP contribution is 2.34. The topological polar surface area (TPSA) is 68.2 Å². The molecule has 0 radical (unpaired) electrons. The van der Waals surface area contributed by atoms with E-state index in [1.54, 1.807) is 17.1 Å². The first-order chi connectivity index (χ1) is 10.1. The molecule has 1 aromatic rings. The predicted molar refractivity (Wildman–Crippen MR) is 76.2 cm³/mol. The number of hydrogen-bond acceptors (Lipinski definition) is 6. The second kappa shape index (κ2) is 5.20. The number of nitrogens with zero attached hydrogens (tertiary/aromatic N) is 2. The Labute approximate surface area is 122 Å². The fourth-order valence-corrected chi connectivity index (χ4v) is 2.69. The number of rotatable bonds is 1. The van der Waals surface area contributed by atoms with E-state index in [-0.39, 0.29) is 17.9 Å². The first-order valence-corrected chi connectivity index (χ1v) is 6.83. The first kappa shape index (κ1) is 13.6. The zero-order valence-corrected chi connectivity index (χ0v) is 11.9. The number of carbonyl (C=O) groups is 2. The van der Waals surface area contributed by atoms with Gasteiger partial charge in [0, 0.05) is 12.3 Å². The monoisotopic (exact) mass is 288 g/mol. The molecule has 0 unspecified atom stereocenters. The highest BCUT2D eigenvalue weighted by molar-refractivity contribution is 6.37. The molecule has 0 saturated heterocycles. The van der Waals surface area contributed by atoms with Crippen LogP contribution in [0.4, 0.5) is 5.69 Å². The Kier molecular flexibility index (Phi) is 3.37. The molecule has 6 heteroatoms. The third kappa shape index (κ3) is 2.26. The van der Waals surface area contributed by atoms with Crippen molar-refractivity contribution in [2.45, 2.75) is 19.4 Å². The molecule has 110 valence electrons. The van der Waals surface area contributed by atoms with E-state index in [0.717, 1.165) is 0 Å². The summed E-state index contributed by atoms with van der Waals surface area (Å²) in [4.78, 5) is 23.8. The van der Waals surface area contributed by atoms with Crippen molar-refractivity contribution in [3.8, 4) is 0 Å². The molecule has 0 aliphatic carbocycles. The number of ether oxygens (including phenoxy) is 2. The van der Waals surface area contributed by atoms with E-state index in [2.05, 4.69) is 5.10 Å². The largest absolute Gasteiger partial charge is 0.464 e. The number of cyclic esters (lactones) is 1. The molecule has 6 nitrogen and oxygen atoms in total. The Morgan fingerprint density at radius 2 is 2.19 bits per heavy atom. The van der Waals surface area contributed by atoms with E-state index in [4.69, 9.17) is 9.47 Å². The van der Waals surface area contributed by atoms with Gasteiger partial charge in [-0.15, -0.1) is 0 Å². The van der Waals surface area contributed by atoms with E-state index in [1.165, 1.54) is 7.11 Å². The minimum Gasteiger partial charge on any atom is -0.464 e. The second-order valence-corrected chi connectivity index (χ2v) is 5.25. The molecule has 3 rings (SSSR count). The summed E-state index contributed by atoms with van der Waals surface area (Å²) in [6.45, 7) is 2.28. The molecule has 21 heavy (non-hydrogen) atoms. The van der Waals surface area contributed by atoms with Crippen molar-refractivity contribution in [2.24, 2.45) is 11.0 Å². The maximum absolute atomic E-state index is 12.1. The lowest BCUT2D eigenvalue weighted by atomic mass is 9.96. The van der Waals surface area contributed by atoms with Crippen LogP contribution in [0, 0.1) is 5.92 Å². The lowest BCUT2D eigenvalue weighted by Gasteiger charge is -2.31. The van der Waals surface area contributed by atoms with Crippen molar-refractivity contribution in [3.63, 3.8) is 0 Å². The summed E-state index contributed by atoms with van der Waals surface area (Å²) in [6, 6.07) is 7.11. The van der Waals surface area contributed by atoms with Crippen LogP contribution in [0.2, 0.25) is 0 Å². The number of hydrazone groups is 1. The van der Waals surface area contributed by atoms with E-state index >= 15 is 0 Å². The van der Waals surface area contributed by atoms with Crippen molar-refractivity contribution >= 4 is 23.3 Å². The second-order valence-electron chi connectivity index (χ2n) is 5.25. The van der Waals surface area contributed by atoms with Crippen molar-refractivity contribution in [3.05, 3.63) is 29.8 Å². The number of para-hydroxylation sites is 1. The molecule has 2 aliphatic heterocycles. The maximum atomic E-state index is 12.1. The minimum atomic E-state index is -0.432. The SMILES string of the molecule is COC(=O)C1=NN2c3ccccc3C(=O)OC[C@H](C)[C@H]2C1. The summed E-state index contributed by atoms with van der Waals surface area (Å²) in [5.74, 6) is -0.732. The number of hydrogen-bond donors (Lipinski definition) is 0.